The SMILES string of the molecule is Cc1oc(-c2ccc(C(C)C)cc2)nc1Cn1cnc2nc3c(cc2c1=O)C[C@@H](C)CC3. The van der Waals surface area contributed by atoms with E-state index in [1.807, 2.05) is 25.1 Å². The summed E-state index contributed by atoms with van der Waals surface area (Å²) in [4.78, 5) is 27.1. The molecule has 0 amide bonds. The van der Waals surface area contributed by atoms with Crippen LogP contribution in [0, 0.1) is 12.8 Å². The van der Waals surface area contributed by atoms with Gasteiger partial charge in [-0.05, 0) is 67.3 Å². The van der Waals surface area contributed by atoms with Crippen molar-refractivity contribution in [3.05, 3.63) is 75.3 Å². The Morgan fingerprint density at radius 3 is 2.72 bits per heavy atom. The number of hydrogen-bond acceptors (Lipinski definition) is 5. The molecule has 0 radical (unpaired) electrons. The first-order valence-corrected chi connectivity index (χ1v) is 11.3. The van der Waals surface area contributed by atoms with Crippen LogP contribution in [-0.4, -0.2) is 19.5 Å². The van der Waals surface area contributed by atoms with Crippen molar-refractivity contribution in [2.24, 2.45) is 5.92 Å². The van der Waals surface area contributed by atoms with E-state index in [2.05, 4.69) is 47.9 Å². The maximum Gasteiger partial charge on any atom is 0.263 e. The van der Waals surface area contributed by atoms with Crippen molar-refractivity contribution in [2.45, 2.75) is 59.4 Å². The van der Waals surface area contributed by atoms with Crippen LogP contribution in [0.25, 0.3) is 22.5 Å². The van der Waals surface area contributed by atoms with Crippen LogP contribution in [0.15, 0.2) is 45.9 Å². The molecule has 164 valence electrons. The van der Waals surface area contributed by atoms with Crippen LogP contribution in [0.4, 0.5) is 0 Å². The number of nitrogens with zero attached hydrogens (tertiary/aromatic N) is 4. The lowest BCUT2D eigenvalue weighted by Crippen LogP contribution is -2.23. The number of fused-ring (bicyclic) bond motifs is 2. The van der Waals surface area contributed by atoms with E-state index in [0.29, 0.717) is 41.1 Å². The van der Waals surface area contributed by atoms with Gasteiger partial charge < -0.3 is 4.42 Å². The third kappa shape index (κ3) is 3.74. The highest BCUT2D eigenvalue weighted by molar-refractivity contribution is 5.74. The summed E-state index contributed by atoms with van der Waals surface area (Å²) in [6, 6.07) is 10.3. The molecule has 0 aliphatic heterocycles. The highest BCUT2D eigenvalue weighted by Gasteiger charge is 2.19. The minimum Gasteiger partial charge on any atom is -0.441 e. The first kappa shape index (κ1) is 20.6. The standard InChI is InChI=1S/C26H28N4O2/c1-15(2)18-6-8-19(9-7-18)25-29-23(17(4)32-25)13-30-14-27-24-21(26(30)31)12-20-11-16(3)5-10-22(20)28-24/h6-9,12,14-16H,5,10-11,13H2,1-4H3/t16-/m0/s1. The van der Waals surface area contributed by atoms with E-state index in [4.69, 9.17) is 4.42 Å². The van der Waals surface area contributed by atoms with Gasteiger partial charge in [0.05, 0.1) is 11.9 Å². The minimum atomic E-state index is -0.0891. The first-order chi connectivity index (χ1) is 15.4. The molecule has 32 heavy (non-hydrogen) atoms. The zero-order chi connectivity index (χ0) is 22.4. The number of pyridine rings is 1. The van der Waals surface area contributed by atoms with E-state index in [0.717, 1.165) is 36.2 Å². The van der Waals surface area contributed by atoms with E-state index in [1.165, 1.54) is 11.1 Å². The number of rotatable bonds is 4. The quantitative estimate of drug-likeness (QED) is 0.455. The van der Waals surface area contributed by atoms with Gasteiger partial charge in [-0.15, -0.1) is 0 Å². The lowest BCUT2D eigenvalue weighted by atomic mass is 9.87. The minimum absolute atomic E-state index is 0.0891. The second-order valence-electron chi connectivity index (χ2n) is 9.29. The van der Waals surface area contributed by atoms with Crippen molar-refractivity contribution in [2.75, 3.05) is 0 Å². The van der Waals surface area contributed by atoms with E-state index in [1.54, 1.807) is 10.9 Å². The van der Waals surface area contributed by atoms with Crippen LogP contribution in [0.3, 0.4) is 0 Å². The van der Waals surface area contributed by atoms with Gasteiger partial charge >= 0.3 is 0 Å². The summed E-state index contributed by atoms with van der Waals surface area (Å²) in [7, 11) is 0. The van der Waals surface area contributed by atoms with Crippen LogP contribution in [0.5, 0.6) is 0 Å². The summed E-state index contributed by atoms with van der Waals surface area (Å²) in [5.74, 6) is 2.37. The van der Waals surface area contributed by atoms with Crippen molar-refractivity contribution >= 4 is 11.0 Å². The average molecular weight is 429 g/mol. The Labute approximate surface area is 187 Å². The van der Waals surface area contributed by atoms with Gasteiger partial charge in [0.25, 0.3) is 5.56 Å². The summed E-state index contributed by atoms with van der Waals surface area (Å²) < 4.78 is 7.52. The molecule has 3 heterocycles. The summed E-state index contributed by atoms with van der Waals surface area (Å²) in [6.45, 7) is 8.78. The topological polar surface area (TPSA) is 73.8 Å². The summed E-state index contributed by atoms with van der Waals surface area (Å²) in [6.07, 6.45) is 4.63. The second-order valence-corrected chi connectivity index (χ2v) is 9.29. The van der Waals surface area contributed by atoms with Gasteiger partial charge in [0.15, 0.2) is 5.65 Å². The molecule has 0 fully saturated rings. The molecule has 0 unspecified atom stereocenters. The molecular weight excluding hydrogens is 400 g/mol. The number of benzene rings is 1. The van der Waals surface area contributed by atoms with Crippen LogP contribution in [-0.2, 0) is 19.4 Å². The van der Waals surface area contributed by atoms with Gasteiger partial charge in [-0.25, -0.2) is 15.0 Å². The molecule has 0 bridgehead atoms. The highest BCUT2D eigenvalue weighted by atomic mass is 16.4. The third-order valence-electron chi connectivity index (χ3n) is 6.46. The van der Waals surface area contributed by atoms with Crippen molar-refractivity contribution in [1.82, 2.24) is 19.5 Å². The maximum atomic E-state index is 13.2. The lowest BCUT2D eigenvalue weighted by Gasteiger charge is -2.20. The molecule has 6 nitrogen and oxygen atoms in total. The monoisotopic (exact) mass is 428 g/mol. The third-order valence-corrected chi connectivity index (χ3v) is 6.46. The van der Waals surface area contributed by atoms with Gasteiger partial charge in [-0.2, -0.15) is 0 Å². The average Bonchev–Trinajstić information content (AvgIpc) is 3.15. The zero-order valence-electron chi connectivity index (χ0n) is 19.1. The van der Waals surface area contributed by atoms with Gasteiger partial charge in [-0.3, -0.25) is 9.36 Å². The second kappa shape index (κ2) is 8.01. The first-order valence-electron chi connectivity index (χ1n) is 11.3. The Bertz CT molecular complexity index is 1350. The smallest absolute Gasteiger partial charge is 0.263 e. The molecule has 4 aromatic rings. The molecule has 1 atom stereocenters. The van der Waals surface area contributed by atoms with Crippen LogP contribution in [0.1, 0.15) is 61.4 Å². The largest absolute Gasteiger partial charge is 0.441 e. The van der Waals surface area contributed by atoms with Gasteiger partial charge in [0.2, 0.25) is 5.89 Å². The highest BCUT2D eigenvalue weighted by Crippen LogP contribution is 2.26. The molecule has 1 aliphatic carbocycles. The summed E-state index contributed by atoms with van der Waals surface area (Å²) in [5.41, 5.74) is 5.64. The fourth-order valence-electron chi connectivity index (χ4n) is 4.41. The fraction of sp³-hybridized carbons (Fsp3) is 0.385. The van der Waals surface area contributed by atoms with E-state index < -0.39 is 0 Å². The van der Waals surface area contributed by atoms with Crippen LogP contribution < -0.4 is 5.56 Å². The Kier molecular flexibility index (Phi) is 5.16. The molecule has 0 spiro atoms. The van der Waals surface area contributed by atoms with Crippen molar-refractivity contribution < 1.29 is 4.42 Å². The van der Waals surface area contributed by atoms with E-state index in [9.17, 15) is 4.79 Å². The molecule has 6 heteroatoms. The van der Waals surface area contributed by atoms with Gasteiger partial charge in [0.1, 0.15) is 17.8 Å². The predicted octanol–water partition coefficient (Wildman–Crippen LogP) is 5.05. The molecule has 1 aromatic carbocycles. The molecule has 3 aromatic heterocycles. The lowest BCUT2D eigenvalue weighted by molar-refractivity contribution is 0.495. The Morgan fingerprint density at radius 1 is 1.19 bits per heavy atom. The molecule has 0 N–H and O–H groups in total. The summed E-state index contributed by atoms with van der Waals surface area (Å²) >= 11 is 0. The fourth-order valence-corrected chi connectivity index (χ4v) is 4.41. The van der Waals surface area contributed by atoms with E-state index >= 15 is 0 Å². The number of aryl methyl sites for hydroxylation is 2. The number of oxazole rings is 1. The van der Waals surface area contributed by atoms with Gasteiger partial charge in [0, 0.05) is 11.3 Å². The predicted molar refractivity (Wildman–Crippen MR) is 125 cm³/mol. The Morgan fingerprint density at radius 2 is 1.97 bits per heavy atom. The Hall–Kier alpha value is -3.28. The molecular formula is C26H28N4O2. The van der Waals surface area contributed by atoms with E-state index in [-0.39, 0.29) is 5.56 Å². The zero-order valence-corrected chi connectivity index (χ0v) is 19.1. The summed E-state index contributed by atoms with van der Waals surface area (Å²) in [5, 5.41) is 0.575. The molecule has 1 aliphatic rings. The number of aromatic nitrogens is 4. The van der Waals surface area contributed by atoms with Gasteiger partial charge in [-0.1, -0.05) is 32.9 Å². The van der Waals surface area contributed by atoms with Crippen molar-refractivity contribution in [3.63, 3.8) is 0 Å². The molecule has 0 saturated carbocycles. The van der Waals surface area contributed by atoms with Crippen LogP contribution >= 0.6 is 0 Å². The number of hydrogen-bond donors (Lipinski definition) is 0. The van der Waals surface area contributed by atoms with Crippen LogP contribution in [0.2, 0.25) is 0 Å². The van der Waals surface area contributed by atoms with Crippen molar-refractivity contribution in [3.8, 4) is 11.5 Å². The molecule has 5 rings (SSSR count). The Balaban J connectivity index is 1.47. The maximum absolute atomic E-state index is 13.2. The van der Waals surface area contributed by atoms with Crippen molar-refractivity contribution in [1.29, 1.82) is 0 Å². The normalized spacial score (nSPS) is 16.0. The molecule has 0 saturated heterocycles.